The molecule has 0 aliphatic rings. The van der Waals surface area contributed by atoms with E-state index in [1.807, 2.05) is 62.4 Å². The number of carbonyl (C=O) groups is 1. The SMILES string of the molecule is CC(Cc1ccccc1)C(=O)NC(C)c1ccccc1. The van der Waals surface area contributed by atoms with Crippen LogP contribution in [0.1, 0.15) is 31.0 Å². The molecule has 0 spiro atoms. The Morgan fingerprint density at radius 1 is 0.950 bits per heavy atom. The third-order valence-corrected chi connectivity index (χ3v) is 3.49. The quantitative estimate of drug-likeness (QED) is 0.878. The van der Waals surface area contributed by atoms with Crippen LogP contribution in [0.15, 0.2) is 60.7 Å². The Hall–Kier alpha value is -2.09. The highest BCUT2D eigenvalue weighted by Crippen LogP contribution is 2.14. The van der Waals surface area contributed by atoms with Gasteiger partial charge in [-0.25, -0.2) is 0 Å². The second-order valence-electron chi connectivity index (χ2n) is 5.23. The van der Waals surface area contributed by atoms with Gasteiger partial charge in [-0.15, -0.1) is 0 Å². The van der Waals surface area contributed by atoms with Crippen LogP contribution in [0.4, 0.5) is 0 Å². The van der Waals surface area contributed by atoms with Gasteiger partial charge in [-0.1, -0.05) is 67.6 Å². The van der Waals surface area contributed by atoms with Crippen LogP contribution in [-0.2, 0) is 11.2 Å². The van der Waals surface area contributed by atoms with Crippen molar-refractivity contribution in [2.45, 2.75) is 26.3 Å². The molecule has 20 heavy (non-hydrogen) atoms. The molecule has 0 heterocycles. The molecule has 0 saturated carbocycles. The third-order valence-electron chi connectivity index (χ3n) is 3.49. The lowest BCUT2D eigenvalue weighted by Crippen LogP contribution is -2.32. The Labute approximate surface area is 120 Å². The molecule has 2 nitrogen and oxygen atoms in total. The summed E-state index contributed by atoms with van der Waals surface area (Å²) in [5, 5.41) is 3.08. The molecule has 2 rings (SSSR count). The number of benzene rings is 2. The molecule has 0 bridgehead atoms. The van der Waals surface area contributed by atoms with E-state index < -0.39 is 0 Å². The van der Waals surface area contributed by atoms with Crippen LogP contribution in [0.3, 0.4) is 0 Å². The Morgan fingerprint density at radius 3 is 2.10 bits per heavy atom. The van der Waals surface area contributed by atoms with Crippen molar-refractivity contribution in [1.82, 2.24) is 5.32 Å². The summed E-state index contributed by atoms with van der Waals surface area (Å²) >= 11 is 0. The summed E-state index contributed by atoms with van der Waals surface area (Å²) < 4.78 is 0. The lowest BCUT2D eigenvalue weighted by Gasteiger charge is -2.18. The van der Waals surface area contributed by atoms with Crippen molar-refractivity contribution in [3.63, 3.8) is 0 Å². The number of hydrogen-bond acceptors (Lipinski definition) is 1. The first kappa shape index (κ1) is 14.3. The van der Waals surface area contributed by atoms with Crippen LogP contribution in [0.5, 0.6) is 0 Å². The van der Waals surface area contributed by atoms with Gasteiger partial charge in [0.25, 0.3) is 0 Å². The minimum atomic E-state index is -0.0245. The highest BCUT2D eigenvalue weighted by molar-refractivity contribution is 5.79. The van der Waals surface area contributed by atoms with E-state index in [1.54, 1.807) is 0 Å². The van der Waals surface area contributed by atoms with E-state index in [-0.39, 0.29) is 17.9 Å². The Kier molecular flexibility index (Phi) is 4.94. The number of carbonyl (C=O) groups excluding carboxylic acids is 1. The number of rotatable bonds is 5. The fourth-order valence-electron chi connectivity index (χ4n) is 2.24. The van der Waals surface area contributed by atoms with Crippen LogP contribution in [0.25, 0.3) is 0 Å². The maximum Gasteiger partial charge on any atom is 0.223 e. The molecule has 0 saturated heterocycles. The van der Waals surface area contributed by atoms with Gasteiger partial charge in [-0.2, -0.15) is 0 Å². The second-order valence-corrected chi connectivity index (χ2v) is 5.23. The van der Waals surface area contributed by atoms with E-state index in [0.717, 1.165) is 12.0 Å². The van der Waals surface area contributed by atoms with Gasteiger partial charge >= 0.3 is 0 Å². The Balaban J connectivity index is 1.91. The van der Waals surface area contributed by atoms with Gasteiger partial charge in [0.2, 0.25) is 5.91 Å². The number of nitrogens with one attached hydrogen (secondary N) is 1. The van der Waals surface area contributed by atoms with Gasteiger partial charge in [0.15, 0.2) is 0 Å². The second kappa shape index (κ2) is 6.90. The first-order valence-electron chi connectivity index (χ1n) is 7.06. The molecule has 2 atom stereocenters. The van der Waals surface area contributed by atoms with Crippen LogP contribution in [0.2, 0.25) is 0 Å². The molecule has 0 aliphatic carbocycles. The average Bonchev–Trinajstić information content (AvgIpc) is 2.49. The summed E-state index contributed by atoms with van der Waals surface area (Å²) in [4.78, 5) is 12.2. The van der Waals surface area contributed by atoms with Gasteiger partial charge in [0.05, 0.1) is 6.04 Å². The van der Waals surface area contributed by atoms with Crippen molar-refractivity contribution in [1.29, 1.82) is 0 Å². The third kappa shape index (κ3) is 3.95. The normalized spacial score (nSPS) is 13.5. The maximum absolute atomic E-state index is 12.2. The number of amides is 1. The minimum absolute atomic E-state index is 0.0245. The van der Waals surface area contributed by atoms with Gasteiger partial charge < -0.3 is 5.32 Å². The first-order chi connectivity index (χ1) is 9.66. The average molecular weight is 267 g/mol. The lowest BCUT2D eigenvalue weighted by molar-refractivity contribution is -0.125. The van der Waals surface area contributed by atoms with Crippen molar-refractivity contribution in [3.8, 4) is 0 Å². The van der Waals surface area contributed by atoms with E-state index in [9.17, 15) is 4.79 Å². The topological polar surface area (TPSA) is 29.1 Å². The molecule has 2 unspecified atom stereocenters. The lowest BCUT2D eigenvalue weighted by atomic mass is 9.99. The van der Waals surface area contributed by atoms with Gasteiger partial charge in [-0.3, -0.25) is 4.79 Å². The van der Waals surface area contributed by atoms with Crippen molar-refractivity contribution >= 4 is 5.91 Å². The zero-order valence-corrected chi connectivity index (χ0v) is 12.0. The molecule has 0 radical (unpaired) electrons. The number of hydrogen-bond donors (Lipinski definition) is 1. The van der Waals surface area contributed by atoms with Gasteiger partial charge in [0.1, 0.15) is 0 Å². The van der Waals surface area contributed by atoms with Crippen LogP contribution < -0.4 is 5.32 Å². The molecule has 1 N–H and O–H groups in total. The molecule has 104 valence electrons. The summed E-state index contributed by atoms with van der Waals surface area (Å²) in [7, 11) is 0. The van der Waals surface area contributed by atoms with Crippen molar-refractivity contribution in [3.05, 3.63) is 71.8 Å². The van der Waals surface area contributed by atoms with Crippen molar-refractivity contribution in [2.75, 3.05) is 0 Å². The largest absolute Gasteiger partial charge is 0.349 e. The molecule has 0 aliphatic heterocycles. The van der Waals surface area contributed by atoms with Gasteiger partial charge in [0, 0.05) is 5.92 Å². The summed E-state index contributed by atoms with van der Waals surface area (Å²) in [5.41, 5.74) is 2.33. The predicted molar refractivity (Wildman–Crippen MR) is 82.3 cm³/mol. The summed E-state index contributed by atoms with van der Waals surface area (Å²) in [6.45, 7) is 3.99. The minimum Gasteiger partial charge on any atom is -0.349 e. The van der Waals surface area contributed by atoms with E-state index >= 15 is 0 Å². The smallest absolute Gasteiger partial charge is 0.223 e. The van der Waals surface area contributed by atoms with Crippen LogP contribution in [-0.4, -0.2) is 5.91 Å². The fraction of sp³-hybridized carbons (Fsp3) is 0.278. The predicted octanol–water partition coefficient (Wildman–Crippen LogP) is 3.74. The van der Waals surface area contributed by atoms with E-state index in [2.05, 4.69) is 17.4 Å². The molecule has 2 heteroatoms. The summed E-state index contributed by atoms with van der Waals surface area (Å²) in [6, 6.07) is 20.2. The standard InChI is InChI=1S/C18H21NO/c1-14(13-16-9-5-3-6-10-16)18(20)19-15(2)17-11-7-4-8-12-17/h3-12,14-15H,13H2,1-2H3,(H,19,20). The summed E-state index contributed by atoms with van der Waals surface area (Å²) in [5.74, 6) is 0.0776. The van der Waals surface area contributed by atoms with Crippen LogP contribution >= 0.6 is 0 Å². The van der Waals surface area contributed by atoms with E-state index in [1.165, 1.54) is 5.56 Å². The molecule has 0 aromatic heterocycles. The summed E-state index contributed by atoms with van der Waals surface area (Å²) in [6.07, 6.45) is 0.772. The Bertz CT molecular complexity index is 536. The molecular weight excluding hydrogens is 246 g/mol. The fourth-order valence-corrected chi connectivity index (χ4v) is 2.24. The molecule has 2 aromatic carbocycles. The zero-order valence-electron chi connectivity index (χ0n) is 12.0. The van der Waals surface area contributed by atoms with Gasteiger partial charge in [-0.05, 0) is 24.5 Å². The maximum atomic E-state index is 12.2. The molecule has 2 aromatic rings. The Morgan fingerprint density at radius 2 is 1.50 bits per heavy atom. The zero-order chi connectivity index (χ0) is 14.4. The molecule has 0 fully saturated rings. The highest BCUT2D eigenvalue weighted by atomic mass is 16.1. The van der Waals surface area contributed by atoms with Crippen molar-refractivity contribution in [2.24, 2.45) is 5.92 Å². The van der Waals surface area contributed by atoms with Crippen LogP contribution in [0, 0.1) is 5.92 Å². The first-order valence-corrected chi connectivity index (χ1v) is 7.06. The highest BCUT2D eigenvalue weighted by Gasteiger charge is 2.16. The monoisotopic (exact) mass is 267 g/mol. The van der Waals surface area contributed by atoms with Crippen molar-refractivity contribution < 1.29 is 4.79 Å². The van der Waals surface area contributed by atoms with E-state index in [0.29, 0.717) is 0 Å². The molecular formula is C18H21NO. The molecule has 1 amide bonds. The van der Waals surface area contributed by atoms with E-state index in [4.69, 9.17) is 0 Å².